The molecule has 26 heavy (non-hydrogen) atoms. The average Bonchev–Trinajstić information content (AvgIpc) is 3.07. The van der Waals surface area contributed by atoms with E-state index in [9.17, 15) is 0 Å². The zero-order valence-corrected chi connectivity index (χ0v) is 15.3. The molecular formula is C22H23N3O. The van der Waals surface area contributed by atoms with Gasteiger partial charge in [-0.15, -0.1) is 0 Å². The van der Waals surface area contributed by atoms with Gasteiger partial charge in [0.1, 0.15) is 17.2 Å². The number of rotatable bonds is 2. The van der Waals surface area contributed by atoms with Crippen molar-refractivity contribution in [2.45, 2.75) is 44.4 Å². The van der Waals surface area contributed by atoms with Gasteiger partial charge in [-0.1, -0.05) is 38.3 Å². The summed E-state index contributed by atoms with van der Waals surface area (Å²) < 4.78 is 7.74. The van der Waals surface area contributed by atoms with Crippen molar-refractivity contribution >= 4 is 27.6 Å². The Bertz CT molecular complexity index is 1120. The van der Waals surface area contributed by atoms with E-state index in [4.69, 9.17) is 14.7 Å². The molecule has 1 aliphatic carbocycles. The van der Waals surface area contributed by atoms with E-state index >= 15 is 0 Å². The van der Waals surface area contributed by atoms with Gasteiger partial charge in [0.15, 0.2) is 0 Å². The molecule has 2 heterocycles. The van der Waals surface area contributed by atoms with Gasteiger partial charge in [0, 0.05) is 16.9 Å². The Morgan fingerprint density at radius 3 is 2.58 bits per heavy atom. The molecule has 4 heteroatoms. The molecule has 0 radical (unpaired) electrons. The van der Waals surface area contributed by atoms with Crippen molar-refractivity contribution in [3.8, 4) is 5.75 Å². The summed E-state index contributed by atoms with van der Waals surface area (Å²) in [7, 11) is 1.70. The summed E-state index contributed by atoms with van der Waals surface area (Å²) in [5, 5.41) is 1.07. The van der Waals surface area contributed by atoms with E-state index in [1.165, 1.54) is 32.1 Å². The third kappa shape index (κ3) is 2.21. The minimum Gasteiger partial charge on any atom is -0.497 e. The Kier molecular flexibility index (Phi) is 3.42. The molecule has 0 saturated heterocycles. The van der Waals surface area contributed by atoms with E-state index in [-0.39, 0.29) is 5.41 Å². The van der Waals surface area contributed by atoms with Crippen LogP contribution < -0.4 is 4.74 Å². The number of hydrogen-bond acceptors (Lipinski definition) is 3. The van der Waals surface area contributed by atoms with Gasteiger partial charge in [0.2, 0.25) is 0 Å². The van der Waals surface area contributed by atoms with Crippen molar-refractivity contribution in [2.75, 3.05) is 7.11 Å². The lowest BCUT2D eigenvalue weighted by atomic mass is 9.75. The summed E-state index contributed by atoms with van der Waals surface area (Å²) in [4.78, 5) is 10.1. The van der Waals surface area contributed by atoms with E-state index in [0.29, 0.717) is 0 Å². The quantitative estimate of drug-likeness (QED) is 0.497. The van der Waals surface area contributed by atoms with Crippen LogP contribution in [0.25, 0.3) is 27.6 Å². The second-order valence-electron chi connectivity index (χ2n) is 7.70. The van der Waals surface area contributed by atoms with Gasteiger partial charge >= 0.3 is 0 Å². The molecule has 1 aliphatic rings. The molecule has 4 aromatic rings. The molecule has 1 fully saturated rings. The first-order chi connectivity index (χ1) is 12.7. The molecule has 5 rings (SSSR count). The Balaban J connectivity index is 1.93. The van der Waals surface area contributed by atoms with E-state index in [2.05, 4.69) is 41.7 Å². The van der Waals surface area contributed by atoms with Crippen LogP contribution in [0.3, 0.4) is 0 Å². The Hall–Kier alpha value is -2.62. The maximum Gasteiger partial charge on any atom is 0.148 e. The first kappa shape index (κ1) is 15.6. The molecule has 4 nitrogen and oxygen atoms in total. The molecule has 0 N–H and O–H groups in total. The fourth-order valence-corrected chi connectivity index (χ4v) is 4.47. The zero-order chi connectivity index (χ0) is 17.7. The predicted octanol–water partition coefficient (Wildman–Crippen LogP) is 5.27. The van der Waals surface area contributed by atoms with Gasteiger partial charge < -0.3 is 4.74 Å². The highest BCUT2D eigenvalue weighted by Gasteiger charge is 2.33. The molecule has 1 saturated carbocycles. The highest BCUT2D eigenvalue weighted by Crippen LogP contribution is 2.40. The number of imidazole rings is 1. The summed E-state index contributed by atoms with van der Waals surface area (Å²) >= 11 is 0. The van der Waals surface area contributed by atoms with Crippen molar-refractivity contribution in [2.24, 2.45) is 0 Å². The Morgan fingerprint density at radius 2 is 1.77 bits per heavy atom. The monoisotopic (exact) mass is 345 g/mol. The van der Waals surface area contributed by atoms with Crippen LogP contribution in [0.2, 0.25) is 0 Å². The second kappa shape index (κ2) is 5.70. The second-order valence-corrected chi connectivity index (χ2v) is 7.70. The van der Waals surface area contributed by atoms with Crippen molar-refractivity contribution in [1.82, 2.24) is 14.4 Å². The largest absolute Gasteiger partial charge is 0.497 e. The SMILES string of the molecule is COc1ccc2c(c1)nc(C1(C)CCCCC1)n1c3ccccc3nc21. The lowest BCUT2D eigenvalue weighted by molar-refractivity contribution is 0.303. The molecule has 2 aromatic carbocycles. The first-order valence-corrected chi connectivity index (χ1v) is 9.45. The number of aromatic nitrogens is 3. The Labute approximate surface area is 152 Å². The maximum absolute atomic E-state index is 5.44. The summed E-state index contributed by atoms with van der Waals surface area (Å²) in [6.45, 7) is 2.37. The molecule has 132 valence electrons. The van der Waals surface area contributed by atoms with Gasteiger partial charge in [-0.3, -0.25) is 4.40 Å². The van der Waals surface area contributed by atoms with Crippen LogP contribution in [0.5, 0.6) is 5.75 Å². The summed E-state index contributed by atoms with van der Waals surface area (Å²) in [5.74, 6) is 1.98. The average molecular weight is 345 g/mol. The third-order valence-corrected chi connectivity index (χ3v) is 5.94. The van der Waals surface area contributed by atoms with Gasteiger partial charge in [-0.2, -0.15) is 0 Å². The molecule has 0 atom stereocenters. The number of methoxy groups -OCH3 is 1. The zero-order valence-electron chi connectivity index (χ0n) is 15.3. The normalized spacial score (nSPS) is 17.2. The fraction of sp³-hybridized carbons (Fsp3) is 0.364. The van der Waals surface area contributed by atoms with Crippen molar-refractivity contribution < 1.29 is 4.74 Å². The number of nitrogens with zero attached hydrogens (tertiary/aromatic N) is 3. The first-order valence-electron chi connectivity index (χ1n) is 9.45. The summed E-state index contributed by atoms with van der Waals surface area (Å²) in [6, 6.07) is 14.5. The van der Waals surface area contributed by atoms with Crippen LogP contribution >= 0.6 is 0 Å². The van der Waals surface area contributed by atoms with Crippen molar-refractivity contribution in [1.29, 1.82) is 0 Å². The topological polar surface area (TPSA) is 39.4 Å². The van der Waals surface area contributed by atoms with Gasteiger partial charge in [0.25, 0.3) is 0 Å². The molecule has 0 spiro atoms. The van der Waals surface area contributed by atoms with Crippen molar-refractivity contribution in [3.63, 3.8) is 0 Å². The minimum absolute atomic E-state index is 0.0806. The maximum atomic E-state index is 5.44. The van der Waals surface area contributed by atoms with Gasteiger partial charge in [0.05, 0.1) is 23.7 Å². The van der Waals surface area contributed by atoms with Crippen LogP contribution in [0.4, 0.5) is 0 Å². The van der Waals surface area contributed by atoms with Crippen LogP contribution in [0.1, 0.15) is 44.9 Å². The number of hydrogen-bond donors (Lipinski definition) is 0. The van der Waals surface area contributed by atoms with Crippen LogP contribution in [-0.4, -0.2) is 21.5 Å². The molecule has 0 aliphatic heterocycles. The van der Waals surface area contributed by atoms with E-state index in [1.807, 2.05) is 12.1 Å². The van der Waals surface area contributed by atoms with Crippen LogP contribution in [-0.2, 0) is 5.41 Å². The standard InChI is InChI=1S/C22H23N3O/c1-22(12-6-3-7-13-22)21-24-18-14-15(26-2)10-11-16(18)20-23-17-8-4-5-9-19(17)25(20)21/h4-5,8-11,14H,3,6-7,12-13H2,1-2H3. The molecule has 0 amide bonds. The van der Waals surface area contributed by atoms with Gasteiger partial charge in [-0.05, 0) is 37.1 Å². The molecule has 0 bridgehead atoms. The summed E-state index contributed by atoms with van der Waals surface area (Å²) in [5.41, 5.74) is 4.22. The number of ether oxygens (including phenoxy) is 1. The lowest BCUT2D eigenvalue weighted by Crippen LogP contribution is -2.29. The van der Waals surface area contributed by atoms with E-state index in [0.717, 1.165) is 39.2 Å². The van der Waals surface area contributed by atoms with Crippen molar-refractivity contribution in [3.05, 3.63) is 48.3 Å². The van der Waals surface area contributed by atoms with E-state index in [1.54, 1.807) is 7.11 Å². The number of benzene rings is 2. The smallest absolute Gasteiger partial charge is 0.148 e. The third-order valence-electron chi connectivity index (χ3n) is 5.94. The number of para-hydroxylation sites is 2. The number of fused-ring (bicyclic) bond motifs is 5. The fourth-order valence-electron chi connectivity index (χ4n) is 4.47. The summed E-state index contributed by atoms with van der Waals surface area (Å²) in [6.07, 6.45) is 6.21. The lowest BCUT2D eigenvalue weighted by Gasteiger charge is -2.33. The molecular weight excluding hydrogens is 322 g/mol. The van der Waals surface area contributed by atoms with Crippen LogP contribution in [0.15, 0.2) is 42.5 Å². The Morgan fingerprint density at radius 1 is 0.962 bits per heavy atom. The van der Waals surface area contributed by atoms with E-state index < -0.39 is 0 Å². The minimum atomic E-state index is 0.0806. The van der Waals surface area contributed by atoms with Gasteiger partial charge in [-0.25, -0.2) is 9.97 Å². The van der Waals surface area contributed by atoms with Crippen LogP contribution in [0, 0.1) is 0 Å². The highest BCUT2D eigenvalue weighted by atomic mass is 16.5. The highest BCUT2D eigenvalue weighted by molar-refractivity contribution is 5.97. The molecule has 0 unspecified atom stereocenters. The molecule has 2 aromatic heterocycles. The predicted molar refractivity (Wildman–Crippen MR) is 105 cm³/mol.